The van der Waals surface area contributed by atoms with Gasteiger partial charge in [0.2, 0.25) is 0 Å². The molecule has 0 saturated heterocycles. The minimum absolute atomic E-state index is 0.113. The molecule has 2 aliphatic carbocycles. The van der Waals surface area contributed by atoms with Crippen LogP contribution >= 0.6 is 0 Å². The van der Waals surface area contributed by atoms with Crippen LogP contribution in [0.2, 0.25) is 0 Å². The molecule has 0 unspecified atom stereocenters. The Bertz CT molecular complexity index is 613. The highest BCUT2D eigenvalue weighted by Crippen LogP contribution is 2.56. The number of carboxylic acid groups (broad SMARTS) is 1. The Morgan fingerprint density at radius 2 is 2.13 bits per heavy atom. The smallest absolute Gasteiger partial charge is 0.313 e. The highest BCUT2D eigenvalue weighted by Gasteiger charge is 2.48. The van der Waals surface area contributed by atoms with Gasteiger partial charge in [0.05, 0.1) is 17.9 Å². The van der Waals surface area contributed by atoms with Crippen molar-refractivity contribution in [2.24, 2.45) is 16.7 Å². The minimum atomic E-state index is -0.648. The topological polar surface area (TPSA) is 50.4 Å². The first-order chi connectivity index (χ1) is 10.9. The van der Waals surface area contributed by atoms with Crippen molar-refractivity contribution < 1.29 is 14.3 Å². The standard InChI is InChI=1S/C20H28O3/c1-14-6-7-17-16(5-4-10-20(17,3)18(21)22)19(14,2)11-8-15-9-12-23-13-15/h9,12-14H,4-8,10-11H2,1-3H3,(H,21,22)/t14-,19+,20-/m0/s1. The molecule has 0 spiro atoms. The zero-order chi connectivity index (χ0) is 16.7. The van der Waals surface area contributed by atoms with Crippen LogP contribution in [0, 0.1) is 16.7 Å². The third-order valence-corrected chi connectivity index (χ3v) is 6.72. The van der Waals surface area contributed by atoms with Crippen molar-refractivity contribution in [3.05, 3.63) is 35.3 Å². The molecule has 126 valence electrons. The highest BCUT2D eigenvalue weighted by molar-refractivity contribution is 5.79. The Morgan fingerprint density at radius 1 is 1.35 bits per heavy atom. The van der Waals surface area contributed by atoms with E-state index < -0.39 is 11.4 Å². The molecule has 0 radical (unpaired) electrons. The molecule has 0 aliphatic heterocycles. The maximum absolute atomic E-state index is 11.9. The maximum atomic E-state index is 11.9. The Labute approximate surface area is 138 Å². The monoisotopic (exact) mass is 316 g/mol. The van der Waals surface area contributed by atoms with Gasteiger partial charge in [-0.1, -0.05) is 25.0 Å². The van der Waals surface area contributed by atoms with E-state index in [0.29, 0.717) is 5.92 Å². The maximum Gasteiger partial charge on any atom is 0.313 e. The second kappa shape index (κ2) is 5.85. The number of carboxylic acids is 1. The van der Waals surface area contributed by atoms with E-state index in [1.54, 1.807) is 6.26 Å². The van der Waals surface area contributed by atoms with Gasteiger partial charge in [0.1, 0.15) is 0 Å². The normalized spacial score (nSPS) is 34.3. The van der Waals surface area contributed by atoms with E-state index in [-0.39, 0.29) is 5.41 Å². The van der Waals surface area contributed by atoms with Gasteiger partial charge in [-0.05, 0) is 74.8 Å². The first-order valence-corrected chi connectivity index (χ1v) is 8.85. The number of aryl methyl sites for hydroxylation is 1. The van der Waals surface area contributed by atoms with E-state index in [9.17, 15) is 9.90 Å². The zero-order valence-electron chi connectivity index (χ0n) is 14.5. The Hall–Kier alpha value is -1.51. The summed E-state index contributed by atoms with van der Waals surface area (Å²) in [6.45, 7) is 6.64. The van der Waals surface area contributed by atoms with Crippen LogP contribution in [0.5, 0.6) is 0 Å². The number of furan rings is 1. The van der Waals surface area contributed by atoms with Crippen molar-refractivity contribution in [1.82, 2.24) is 0 Å². The van der Waals surface area contributed by atoms with Gasteiger partial charge in [-0.25, -0.2) is 0 Å². The lowest BCUT2D eigenvalue weighted by Crippen LogP contribution is -2.41. The fourth-order valence-electron chi connectivity index (χ4n) is 4.76. The molecule has 0 bridgehead atoms. The number of hydrogen-bond acceptors (Lipinski definition) is 2. The molecule has 3 nitrogen and oxygen atoms in total. The molecule has 0 amide bonds. The largest absolute Gasteiger partial charge is 0.481 e. The van der Waals surface area contributed by atoms with Gasteiger partial charge < -0.3 is 9.52 Å². The van der Waals surface area contributed by atoms with Crippen molar-refractivity contribution >= 4 is 5.97 Å². The second-order valence-corrected chi connectivity index (χ2v) is 7.94. The fourth-order valence-corrected chi connectivity index (χ4v) is 4.76. The SMILES string of the molecule is C[C@H]1CCC2=C(CCC[C@]2(C)C(=O)O)[C@]1(C)CCc1ccoc1. The number of hydrogen-bond donors (Lipinski definition) is 1. The summed E-state index contributed by atoms with van der Waals surface area (Å²) in [4.78, 5) is 11.9. The third-order valence-electron chi connectivity index (χ3n) is 6.72. The van der Waals surface area contributed by atoms with E-state index in [1.807, 2.05) is 19.3 Å². The lowest BCUT2D eigenvalue weighted by molar-refractivity contribution is -0.146. The van der Waals surface area contributed by atoms with Crippen molar-refractivity contribution in [2.75, 3.05) is 0 Å². The lowest BCUT2D eigenvalue weighted by Gasteiger charge is -2.49. The summed E-state index contributed by atoms with van der Waals surface area (Å²) in [7, 11) is 0. The van der Waals surface area contributed by atoms with Crippen molar-refractivity contribution in [1.29, 1.82) is 0 Å². The lowest BCUT2D eigenvalue weighted by atomic mass is 9.55. The molecular weight excluding hydrogens is 288 g/mol. The first-order valence-electron chi connectivity index (χ1n) is 8.85. The summed E-state index contributed by atoms with van der Waals surface area (Å²) in [5.74, 6) is -0.0410. The van der Waals surface area contributed by atoms with Crippen LogP contribution in [0.4, 0.5) is 0 Å². The third kappa shape index (κ3) is 2.64. The van der Waals surface area contributed by atoms with Crippen molar-refractivity contribution in [3.8, 4) is 0 Å². The predicted molar refractivity (Wildman–Crippen MR) is 90.2 cm³/mol. The molecule has 3 heteroatoms. The quantitative estimate of drug-likeness (QED) is 0.775. The number of aliphatic carboxylic acids is 1. The summed E-state index contributed by atoms with van der Waals surface area (Å²) in [5.41, 5.74) is 3.40. The van der Waals surface area contributed by atoms with E-state index in [0.717, 1.165) is 44.9 Å². The van der Waals surface area contributed by atoms with Crippen LogP contribution in [0.1, 0.15) is 64.9 Å². The van der Waals surface area contributed by atoms with Gasteiger partial charge in [-0.2, -0.15) is 0 Å². The fraction of sp³-hybridized carbons (Fsp3) is 0.650. The van der Waals surface area contributed by atoms with Gasteiger partial charge in [0.25, 0.3) is 0 Å². The van der Waals surface area contributed by atoms with E-state index in [1.165, 1.54) is 16.7 Å². The van der Waals surface area contributed by atoms with Crippen molar-refractivity contribution in [3.63, 3.8) is 0 Å². The average molecular weight is 316 g/mol. The molecule has 0 saturated carbocycles. The molecular formula is C20H28O3. The number of allylic oxidation sites excluding steroid dienone is 1. The number of carbonyl (C=O) groups is 1. The van der Waals surface area contributed by atoms with E-state index >= 15 is 0 Å². The predicted octanol–water partition coefficient (Wildman–Crippen LogP) is 5.22. The molecule has 3 atom stereocenters. The van der Waals surface area contributed by atoms with Crippen LogP contribution in [0.15, 0.2) is 34.2 Å². The number of rotatable bonds is 4. The summed E-state index contributed by atoms with van der Waals surface area (Å²) < 4.78 is 5.20. The molecule has 3 rings (SSSR count). The summed E-state index contributed by atoms with van der Waals surface area (Å²) in [6.07, 6.45) is 10.5. The van der Waals surface area contributed by atoms with E-state index in [2.05, 4.69) is 13.8 Å². The molecule has 23 heavy (non-hydrogen) atoms. The van der Waals surface area contributed by atoms with E-state index in [4.69, 9.17) is 4.42 Å². The molecule has 0 fully saturated rings. The first kappa shape index (κ1) is 16.4. The van der Waals surface area contributed by atoms with Gasteiger partial charge >= 0.3 is 5.97 Å². The van der Waals surface area contributed by atoms with Crippen LogP contribution in [-0.4, -0.2) is 11.1 Å². The zero-order valence-corrected chi connectivity index (χ0v) is 14.5. The molecule has 0 aromatic carbocycles. The van der Waals surface area contributed by atoms with Crippen LogP contribution in [-0.2, 0) is 11.2 Å². The molecule has 1 aromatic heterocycles. The van der Waals surface area contributed by atoms with Gasteiger partial charge in [0, 0.05) is 0 Å². The Kier molecular flexibility index (Phi) is 4.16. The molecule has 1 aromatic rings. The second-order valence-electron chi connectivity index (χ2n) is 7.94. The summed E-state index contributed by atoms with van der Waals surface area (Å²) in [5, 5.41) is 9.81. The Morgan fingerprint density at radius 3 is 2.78 bits per heavy atom. The molecule has 1 heterocycles. The Balaban J connectivity index is 1.95. The average Bonchev–Trinajstić information content (AvgIpc) is 3.03. The molecule has 1 N–H and O–H groups in total. The minimum Gasteiger partial charge on any atom is -0.481 e. The summed E-state index contributed by atoms with van der Waals surface area (Å²) in [6, 6.07) is 2.04. The van der Waals surface area contributed by atoms with Crippen LogP contribution in [0.25, 0.3) is 0 Å². The van der Waals surface area contributed by atoms with Gasteiger partial charge in [-0.15, -0.1) is 0 Å². The van der Waals surface area contributed by atoms with Crippen molar-refractivity contribution in [2.45, 2.75) is 65.7 Å². The van der Waals surface area contributed by atoms with Crippen LogP contribution < -0.4 is 0 Å². The van der Waals surface area contributed by atoms with Gasteiger partial charge in [-0.3, -0.25) is 4.79 Å². The summed E-state index contributed by atoms with van der Waals surface area (Å²) >= 11 is 0. The highest BCUT2D eigenvalue weighted by atomic mass is 16.4. The van der Waals surface area contributed by atoms with Gasteiger partial charge in [0.15, 0.2) is 0 Å². The van der Waals surface area contributed by atoms with Crippen LogP contribution in [0.3, 0.4) is 0 Å². The molecule has 2 aliphatic rings.